The number of sulfonamides is 1. The van der Waals surface area contributed by atoms with Gasteiger partial charge in [0, 0.05) is 18.7 Å². The molecule has 1 amide bonds. The summed E-state index contributed by atoms with van der Waals surface area (Å²) in [7, 11) is -3.00. The number of nitrogens with one attached hydrogen (secondary N) is 1. The number of hydrogen-bond donors (Lipinski definition) is 1. The number of amides is 1. The number of halogens is 1. The molecule has 0 bridgehead atoms. The van der Waals surface area contributed by atoms with E-state index in [1.54, 1.807) is 0 Å². The van der Waals surface area contributed by atoms with Gasteiger partial charge in [-0.2, -0.15) is 4.31 Å². The molecule has 3 rings (SSSR count). The number of non-ortho nitro benzene ring substituents is 1. The van der Waals surface area contributed by atoms with Crippen LogP contribution in [0.1, 0.15) is 19.8 Å². The second-order valence-electron chi connectivity index (χ2n) is 7.41. The van der Waals surface area contributed by atoms with E-state index in [0.717, 1.165) is 22.5 Å². The van der Waals surface area contributed by atoms with E-state index in [1.165, 1.54) is 38.3 Å². The number of carbonyl (C=O) groups is 2. The molecule has 1 saturated heterocycles. The Labute approximate surface area is 194 Å². The number of nitro groups is 1. The van der Waals surface area contributed by atoms with Crippen molar-refractivity contribution in [3.05, 3.63) is 58.4 Å². The molecule has 1 N–H and O–H groups in total. The summed E-state index contributed by atoms with van der Waals surface area (Å²) >= 11 is 0. The molecule has 1 aliphatic heterocycles. The summed E-state index contributed by atoms with van der Waals surface area (Å²) in [4.78, 5) is 35.1. The van der Waals surface area contributed by atoms with Crippen molar-refractivity contribution in [1.82, 2.24) is 4.31 Å². The summed E-state index contributed by atoms with van der Waals surface area (Å²) in [5.41, 5.74) is -0.296. The van der Waals surface area contributed by atoms with E-state index in [-0.39, 0.29) is 30.1 Å². The lowest BCUT2D eigenvalue weighted by atomic mass is 10.2. The summed E-state index contributed by atoms with van der Waals surface area (Å²) in [5, 5.41) is 13.4. The summed E-state index contributed by atoms with van der Waals surface area (Å²) in [6.45, 7) is 1.25. The van der Waals surface area contributed by atoms with Gasteiger partial charge in [0.2, 0.25) is 10.0 Å². The highest BCUT2D eigenvalue weighted by molar-refractivity contribution is 7.89. The molecule has 11 nitrogen and oxygen atoms in total. The van der Waals surface area contributed by atoms with Gasteiger partial charge < -0.3 is 14.8 Å². The van der Waals surface area contributed by atoms with Crippen molar-refractivity contribution in [2.75, 3.05) is 19.0 Å². The van der Waals surface area contributed by atoms with E-state index in [4.69, 9.17) is 9.47 Å². The number of nitrogens with zero attached hydrogens (tertiary/aromatic N) is 2. The molecule has 0 aromatic heterocycles. The number of carbonyl (C=O) groups excluding carboxylic acids is 2. The molecule has 182 valence electrons. The molecule has 2 aromatic carbocycles. The van der Waals surface area contributed by atoms with Gasteiger partial charge in [-0.25, -0.2) is 12.8 Å². The number of esters is 1. The van der Waals surface area contributed by atoms with Crippen LogP contribution in [0.2, 0.25) is 0 Å². The Morgan fingerprint density at radius 1 is 1.26 bits per heavy atom. The molecular weight excluding hydrogens is 473 g/mol. The zero-order valence-electron chi connectivity index (χ0n) is 18.3. The first kappa shape index (κ1) is 25.1. The van der Waals surface area contributed by atoms with Crippen LogP contribution in [0.25, 0.3) is 0 Å². The lowest BCUT2D eigenvalue weighted by Crippen LogP contribution is -2.43. The Hall–Kier alpha value is -3.58. The number of anilines is 1. The summed E-state index contributed by atoms with van der Waals surface area (Å²) in [6, 6.07) is 7.18. The van der Waals surface area contributed by atoms with Crippen LogP contribution in [0, 0.1) is 15.9 Å². The number of rotatable bonds is 8. The van der Waals surface area contributed by atoms with Crippen LogP contribution in [0.15, 0.2) is 47.4 Å². The highest BCUT2D eigenvalue weighted by atomic mass is 32.2. The second kappa shape index (κ2) is 10.1. The predicted octanol–water partition coefficient (Wildman–Crippen LogP) is 2.47. The number of benzene rings is 2. The highest BCUT2D eigenvalue weighted by Crippen LogP contribution is 2.30. The maximum absolute atomic E-state index is 14.1. The molecule has 2 aromatic rings. The third-order valence-electron chi connectivity index (χ3n) is 5.21. The van der Waals surface area contributed by atoms with E-state index in [9.17, 15) is 32.5 Å². The Morgan fingerprint density at radius 2 is 1.97 bits per heavy atom. The fourth-order valence-electron chi connectivity index (χ4n) is 3.49. The third kappa shape index (κ3) is 5.15. The van der Waals surface area contributed by atoms with Crippen molar-refractivity contribution < 1.29 is 36.8 Å². The van der Waals surface area contributed by atoms with Gasteiger partial charge in [-0.3, -0.25) is 19.7 Å². The van der Waals surface area contributed by atoms with Crippen LogP contribution in [0.5, 0.6) is 5.75 Å². The van der Waals surface area contributed by atoms with Crippen molar-refractivity contribution in [1.29, 1.82) is 0 Å². The monoisotopic (exact) mass is 495 g/mol. The molecule has 0 unspecified atom stereocenters. The third-order valence-corrected chi connectivity index (χ3v) is 7.15. The lowest BCUT2D eigenvalue weighted by Gasteiger charge is -2.24. The summed E-state index contributed by atoms with van der Waals surface area (Å²) in [5.74, 6) is -2.57. The van der Waals surface area contributed by atoms with Crippen molar-refractivity contribution in [2.45, 2.75) is 36.8 Å². The van der Waals surface area contributed by atoms with E-state index in [2.05, 4.69) is 5.32 Å². The van der Waals surface area contributed by atoms with Crippen molar-refractivity contribution in [3.63, 3.8) is 0 Å². The molecule has 34 heavy (non-hydrogen) atoms. The minimum atomic E-state index is -4.31. The van der Waals surface area contributed by atoms with E-state index in [1.807, 2.05) is 0 Å². The molecule has 0 radical (unpaired) electrons. The average Bonchev–Trinajstić information content (AvgIpc) is 3.30. The van der Waals surface area contributed by atoms with Gasteiger partial charge in [-0.1, -0.05) is 12.1 Å². The molecule has 0 aliphatic carbocycles. The normalized spacial score (nSPS) is 17.1. The number of methoxy groups -OCH3 is 1. The number of hydrogen-bond acceptors (Lipinski definition) is 8. The fourth-order valence-corrected chi connectivity index (χ4v) is 5.21. The number of ether oxygens (including phenoxy) is 2. The van der Waals surface area contributed by atoms with Crippen molar-refractivity contribution >= 4 is 33.3 Å². The van der Waals surface area contributed by atoms with Gasteiger partial charge in [0.1, 0.15) is 22.5 Å². The van der Waals surface area contributed by atoms with Crippen LogP contribution < -0.4 is 10.1 Å². The molecule has 1 fully saturated rings. The maximum Gasteiger partial charge on any atom is 0.325 e. The van der Waals surface area contributed by atoms with Crippen LogP contribution in [-0.2, 0) is 24.3 Å². The molecule has 1 aliphatic rings. The average molecular weight is 495 g/mol. The standard InChI is InChI=1S/C21H22FN3O8S/c1-13(20(26)23-16-12-14(25(28)29)9-10-18(16)32-2)33-21(27)17-7-5-11-24(17)34(30,31)19-8-4-3-6-15(19)22/h3-4,6,8-10,12-13,17H,5,7,11H2,1-2H3,(H,23,26)/t13-,17-/m0/s1. The SMILES string of the molecule is COc1ccc([N+](=O)[O-])cc1NC(=O)[C@H](C)OC(=O)[C@@H]1CCCN1S(=O)(=O)c1ccccc1F. The van der Waals surface area contributed by atoms with Crippen LogP contribution in [0.3, 0.4) is 0 Å². The van der Waals surface area contributed by atoms with Crippen molar-refractivity contribution in [3.8, 4) is 5.75 Å². The molecule has 13 heteroatoms. The first-order chi connectivity index (χ1) is 16.1. The van der Waals surface area contributed by atoms with E-state index >= 15 is 0 Å². The van der Waals surface area contributed by atoms with Gasteiger partial charge in [-0.05, 0) is 38.0 Å². The second-order valence-corrected chi connectivity index (χ2v) is 9.27. The Morgan fingerprint density at radius 3 is 2.62 bits per heavy atom. The molecule has 0 saturated carbocycles. The smallest absolute Gasteiger partial charge is 0.325 e. The van der Waals surface area contributed by atoms with Crippen LogP contribution in [0.4, 0.5) is 15.8 Å². The predicted molar refractivity (Wildman–Crippen MR) is 117 cm³/mol. The van der Waals surface area contributed by atoms with E-state index in [0.29, 0.717) is 6.42 Å². The molecule has 1 heterocycles. The molecule has 0 spiro atoms. The molecular formula is C21H22FN3O8S. The minimum absolute atomic E-state index is 0.00535. The Kier molecular flexibility index (Phi) is 7.47. The molecule has 2 atom stereocenters. The topological polar surface area (TPSA) is 145 Å². The Bertz CT molecular complexity index is 1220. The summed E-state index contributed by atoms with van der Waals surface area (Å²) < 4.78 is 51.1. The first-order valence-electron chi connectivity index (χ1n) is 10.2. The zero-order chi connectivity index (χ0) is 25.0. The van der Waals surface area contributed by atoms with Gasteiger partial charge in [0.05, 0.1) is 17.7 Å². The maximum atomic E-state index is 14.1. The highest BCUT2D eigenvalue weighted by Gasteiger charge is 2.42. The lowest BCUT2D eigenvalue weighted by molar-refractivity contribution is -0.384. The fraction of sp³-hybridized carbons (Fsp3) is 0.333. The van der Waals surface area contributed by atoms with Crippen LogP contribution >= 0.6 is 0 Å². The Balaban J connectivity index is 1.73. The van der Waals surface area contributed by atoms with Gasteiger partial charge in [-0.15, -0.1) is 0 Å². The quantitative estimate of drug-likeness (QED) is 0.334. The van der Waals surface area contributed by atoms with Crippen LogP contribution in [-0.4, -0.2) is 55.3 Å². The largest absolute Gasteiger partial charge is 0.495 e. The summed E-state index contributed by atoms with van der Waals surface area (Å²) in [6.07, 6.45) is -0.881. The van der Waals surface area contributed by atoms with Crippen molar-refractivity contribution in [2.24, 2.45) is 0 Å². The van der Waals surface area contributed by atoms with Gasteiger partial charge in [0.15, 0.2) is 6.10 Å². The number of nitro benzene ring substituents is 1. The first-order valence-corrected chi connectivity index (χ1v) is 11.6. The van der Waals surface area contributed by atoms with Gasteiger partial charge in [0.25, 0.3) is 11.6 Å². The zero-order valence-corrected chi connectivity index (χ0v) is 19.1. The van der Waals surface area contributed by atoms with E-state index < -0.39 is 49.7 Å². The minimum Gasteiger partial charge on any atom is -0.495 e. The van der Waals surface area contributed by atoms with Gasteiger partial charge >= 0.3 is 5.97 Å².